The Balaban J connectivity index is 2.12. The van der Waals surface area contributed by atoms with E-state index in [0.717, 1.165) is 25.8 Å². The van der Waals surface area contributed by atoms with E-state index < -0.39 is 0 Å². The van der Waals surface area contributed by atoms with Crippen LogP contribution in [0.4, 0.5) is 0 Å². The van der Waals surface area contributed by atoms with Gasteiger partial charge in [-0.05, 0) is 32.1 Å². The number of hydrogen-bond donors (Lipinski definition) is 1. The molecule has 0 spiro atoms. The lowest BCUT2D eigenvalue weighted by Crippen LogP contribution is -2.59. The Morgan fingerprint density at radius 1 is 1.41 bits per heavy atom. The first-order valence-corrected chi connectivity index (χ1v) is 6.56. The minimum absolute atomic E-state index is 0.0881. The van der Waals surface area contributed by atoms with Gasteiger partial charge in [-0.1, -0.05) is 6.92 Å². The summed E-state index contributed by atoms with van der Waals surface area (Å²) in [6, 6.07) is 2.61. The van der Waals surface area contributed by atoms with E-state index in [1.807, 2.05) is 6.92 Å². The van der Waals surface area contributed by atoms with Gasteiger partial charge in [-0.25, -0.2) is 0 Å². The van der Waals surface area contributed by atoms with Gasteiger partial charge in [0.2, 0.25) is 5.91 Å². The first kappa shape index (κ1) is 12.4. The number of rotatable bonds is 1. The van der Waals surface area contributed by atoms with Gasteiger partial charge in [0.15, 0.2) is 0 Å². The van der Waals surface area contributed by atoms with E-state index in [4.69, 9.17) is 0 Å². The first-order valence-electron chi connectivity index (χ1n) is 6.56. The maximum absolute atomic E-state index is 11.7. The lowest BCUT2D eigenvalue weighted by atomic mass is 9.78. The van der Waals surface area contributed by atoms with Gasteiger partial charge in [-0.15, -0.1) is 0 Å². The Labute approximate surface area is 103 Å². The number of piperazine rings is 1. The Kier molecular flexibility index (Phi) is 3.68. The molecule has 1 N–H and O–H groups in total. The second-order valence-electron chi connectivity index (χ2n) is 5.43. The molecule has 4 unspecified atom stereocenters. The Morgan fingerprint density at radius 2 is 2.18 bits per heavy atom. The summed E-state index contributed by atoms with van der Waals surface area (Å²) in [7, 11) is 0. The lowest BCUT2D eigenvalue weighted by Gasteiger charge is -2.44. The third-order valence-electron chi connectivity index (χ3n) is 4.22. The number of carbonyl (C=O) groups is 1. The SMILES string of the molecule is CC1CCC(C#N)C(N2CCNC(=O)C2C)C1. The van der Waals surface area contributed by atoms with E-state index in [-0.39, 0.29) is 23.9 Å². The van der Waals surface area contributed by atoms with E-state index in [2.05, 4.69) is 23.2 Å². The van der Waals surface area contributed by atoms with Crippen molar-refractivity contribution in [1.29, 1.82) is 5.26 Å². The number of nitriles is 1. The average Bonchev–Trinajstić information content (AvgIpc) is 2.33. The number of hydrogen-bond acceptors (Lipinski definition) is 3. The molecule has 1 saturated heterocycles. The lowest BCUT2D eigenvalue weighted by molar-refractivity contribution is -0.130. The summed E-state index contributed by atoms with van der Waals surface area (Å²) < 4.78 is 0. The zero-order valence-corrected chi connectivity index (χ0v) is 10.6. The number of nitrogens with one attached hydrogen (secondary N) is 1. The maximum atomic E-state index is 11.7. The number of nitrogens with zero attached hydrogens (tertiary/aromatic N) is 2. The smallest absolute Gasteiger partial charge is 0.237 e. The van der Waals surface area contributed by atoms with E-state index in [0.29, 0.717) is 12.5 Å². The molecule has 0 aromatic carbocycles. The van der Waals surface area contributed by atoms with Crippen LogP contribution >= 0.6 is 0 Å². The molecule has 0 aromatic rings. The van der Waals surface area contributed by atoms with Gasteiger partial charge in [0.1, 0.15) is 0 Å². The van der Waals surface area contributed by atoms with Crippen molar-refractivity contribution in [3.05, 3.63) is 0 Å². The summed E-state index contributed by atoms with van der Waals surface area (Å²) in [5.41, 5.74) is 0. The molecule has 1 heterocycles. The summed E-state index contributed by atoms with van der Waals surface area (Å²) in [6.07, 6.45) is 3.17. The van der Waals surface area contributed by atoms with Crippen LogP contribution in [0, 0.1) is 23.2 Å². The normalized spacial score (nSPS) is 39.5. The van der Waals surface area contributed by atoms with Crippen molar-refractivity contribution >= 4 is 5.91 Å². The van der Waals surface area contributed by atoms with Gasteiger partial charge < -0.3 is 5.32 Å². The molecule has 1 saturated carbocycles. The molecule has 1 aliphatic carbocycles. The van der Waals surface area contributed by atoms with Gasteiger partial charge >= 0.3 is 0 Å². The van der Waals surface area contributed by atoms with Gasteiger partial charge in [-0.3, -0.25) is 9.69 Å². The predicted octanol–water partition coefficient (Wildman–Crippen LogP) is 1.14. The molecule has 4 atom stereocenters. The van der Waals surface area contributed by atoms with Crippen LogP contribution in [0.25, 0.3) is 0 Å². The molecule has 4 heteroatoms. The highest BCUT2D eigenvalue weighted by Gasteiger charge is 2.38. The van der Waals surface area contributed by atoms with E-state index in [1.54, 1.807) is 0 Å². The third-order valence-corrected chi connectivity index (χ3v) is 4.22. The van der Waals surface area contributed by atoms with Crippen molar-refractivity contribution in [2.45, 2.75) is 45.2 Å². The molecular weight excluding hydrogens is 214 g/mol. The highest BCUT2D eigenvalue weighted by molar-refractivity contribution is 5.82. The first-order chi connectivity index (χ1) is 8.13. The monoisotopic (exact) mass is 235 g/mol. The highest BCUT2D eigenvalue weighted by Crippen LogP contribution is 2.33. The van der Waals surface area contributed by atoms with Crippen LogP contribution in [0.1, 0.15) is 33.1 Å². The summed E-state index contributed by atoms with van der Waals surface area (Å²) in [5, 5.41) is 12.1. The second-order valence-corrected chi connectivity index (χ2v) is 5.43. The van der Waals surface area contributed by atoms with Crippen LogP contribution < -0.4 is 5.32 Å². The molecule has 1 aliphatic heterocycles. The second kappa shape index (κ2) is 5.05. The zero-order valence-electron chi connectivity index (χ0n) is 10.6. The third kappa shape index (κ3) is 2.44. The molecule has 2 fully saturated rings. The Morgan fingerprint density at radius 3 is 2.88 bits per heavy atom. The van der Waals surface area contributed by atoms with Crippen molar-refractivity contribution in [3.8, 4) is 6.07 Å². The minimum Gasteiger partial charge on any atom is -0.353 e. The van der Waals surface area contributed by atoms with Gasteiger partial charge in [0.25, 0.3) is 0 Å². The fourth-order valence-electron chi connectivity index (χ4n) is 3.12. The van der Waals surface area contributed by atoms with Crippen LogP contribution in [0.2, 0.25) is 0 Å². The predicted molar refractivity (Wildman–Crippen MR) is 65.1 cm³/mol. The molecule has 17 heavy (non-hydrogen) atoms. The molecule has 0 radical (unpaired) electrons. The molecule has 94 valence electrons. The summed E-state index contributed by atoms with van der Waals surface area (Å²) in [6.45, 7) is 5.78. The van der Waals surface area contributed by atoms with E-state index in [1.165, 1.54) is 0 Å². The summed E-state index contributed by atoms with van der Waals surface area (Å²) in [5.74, 6) is 0.868. The van der Waals surface area contributed by atoms with Crippen LogP contribution in [-0.4, -0.2) is 36.0 Å². The van der Waals surface area contributed by atoms with E-state index >= 15 is 0 Å². The molecule has 0 aromatic heterocycles. The molecule has 2 rings (SSSR count). The van der Waals surface area contributed by atoms with Crippen molar-refractivity contribution in [3.63, 3.8) is 0 Å². The van der Waals surface area contributed by atoms with Gasteiger partial charge in [0.05, 0.1) is 18.0 Å². The molecule has 4 nitrogen and oxygen atoms in total. The van der Waals surface area contributed by atoms with Crippen molar-refractivity contribution < 1.29 is 4.79 Å². The highest BCUT2D eigenvalue weighted by atomic mass is 16.2. The van der Waals surface area contributed by atoms with Gasteiger partial charge in [-0.2, -0.15) is 5.26 Å². The van der Waals surface area contributed by atoms with Crippen molar-refractivity contribution in [2.75, 3.05) is 13.1 Å². The Hall–Kier alpha value is -1.08. The number of carbonyl (C=O) groups excluding carboxylic acids is 1. The zero-order chi connectivity index (χ0) is 12.4. The van der Waals surface area contributed by atoms with Gasteiger partial charge in [0, 0.05) is 19.1 Å². The van der Waals surface area contributed by atoms with Crippen LogP contribution in [0.15, 0.2) is 0 Å². The van der Waals surface area contributed by atoms with Crippen molar-refractivity contribution in [1.82, 2.24) is 10.2 Å². The largest absolute Gasteiger partial charge is 0.353 e. The average molecular weight is 235 g/mol. The van der Waals surface area contributed by atoms with Crippen LogP contribution in [0.3, 0.4) is 0 Å². The van der Waals surface area contributed by atoms with Crippen LogP contribution in [0.5, 0.6) is 0 Å². The van der Waals surface area contributed by atoms with Crippen molar-refractivity contribution in [2.24, 2.45) is 11.8 Å². The fraction of sp³-hybridized carbons (Fsp3) is 0.846. The molecule has 1 amide bonds. The summed E-state index contributed by atoms with van der Waals surface area (Å²) >= 11 is 0. The van der Waals surface area contributed by atoms with E-state index in [9.17, 15) is 10.1 Å². The number of amides is 1. The maximum Gasteiger partial charge on any atom is 0.237 e. The molecule has 0 bridgehead atoms. The van der Waals surface area contributed by atoms with Crippen LogP contribution in [-0.2, 0) is 4.79 Å². The Bertz CT molecular complexity index is 336. The standard InChI is InChI=1S/C13H21N3O/c1-9-3-4-11(8-14)12(7-9)16-6-5-15-13(17)10(16)2/h9-12H,3-7H2,1-2H3,(H,15,17). The molecule has 2 aliphatic rings. The molecular formula is C13H21N3O. The quantitative estimate of drug-likeness (QED) is 0.741. The topological polar surface area (TPSA) is 56.1 Å². The fourth-order valence-corrected chi connectivity index (χ4v) is 3.12. The minimum atomic E-state index is -0.0881. The summed E-state index contributed by atoms with van der Waals surface area (Å²) in [4.78, 5) is 13.9.